The van der Waals surface area contributed by atoms with Crippen LogP contribution >= 0.6 is 27.3 Å². The van der Waals surface area contributed by atoms with E-state index >= 15 is 0 Å². The standard InChI is InChI=1S/C13H13BrN4O2S/c1-3-4-18-11-8(12(19)17-13(18)20)15-10(16-11)7-5-6(2)9(14)21-7/h5H,3-4H2,1-2H3,(H,15,16)(H,17,19,20). The van der Waals surface area contributed by atoms with Crippen LogP contribution in [0.3, 0.4) is 0 Å². The molecular weight excluding hydrogens is 356 g/mol. The first-order valence-corrected chi connectivity index (χ1v) is 8.11. The van der Waals surface area contributed by atoms with Crippen LogP contribution in [0, 0.1) is 6.92 Å². The predicted octanol–water partition coefficient (Wildman–Crippen LogP) is 2.62. The van der Waals surface area contributed by atoms with Crippen LogP contribution < -0.4 is 11.2 Å². The van der Waals surface area contributed by atoms with Gasteiger partial charge in [0, 0.05) is 6.54 Å². The molecule has 110 valence electrons. The summed E-state index contributed by atoms with van der Waals surface area (Å²) in [7, 11) is 0. The minimum absolute atomic E-state index is 0.334. The van der Waals surface area contributed by atoms with Gasteiger partial charge in [0.05, 0.1) is 8.66 Å². The Morgan fingerprint density at radius 3 is 2.76 bits per heavy atom. The molecule has 0 aliphatic carbocycles. The Balaban J connectivity index is 2.28. The Morgan fingerprint density at radius 1 is 1.38 bits per heavy atom. The molecule has 0 saturated heterocycles. The van der Waals surface area contributed by atoms with Gasteiger partial charge in [-0.2, -0.15) is 0 Å². The third-order valence-corrected chi connectivity index (χ3v) is 5.31. The maximum atomic E-state index is 11.9. The number of hydrogen-bond acceptors (Lipinski definition) is 4. The third-order valence-electron chi connectivity index (χ3n) is 3.17. The summed E-state index contributed by atoms with van der Waals surface area (Å²) < 4.78 is 2.52. The van der Waals surface area contributed by atoms with E-state index in [9.17, 15) is 9.59 Å². The molecule has 6 nitrogen and oxygen atoms in total. The summed E-state index contributed by atoms with van der Waals surface area (Å²) in [4.78, 5) is 34.5. The lowest BCUT2D eigenvalue weighted by molar-refractivity contribution is 0.653. The minimum atomic E-state index is -0.437. The fourth-order valence-corrected chi connectivity index (χ4v) is 3.64. The summed E-state index contributed by atoms with van der Waals surface area (Å²) in [5.41, 5.74) is 0.989. The largest absolute Gasteiger partial charge is 0.331 e. The monoisotopic (exact) mass is 368 g/mol. The van der Waals surface area contributed by atoms with Crippen molar-refractivity contribution in [2.45, 2.75) is 26.8 Å². The minimum Gasteiger partial charge on any atom is -0.331 e. The van der Waals surface area contributed by atoms with Crippen molar-refractivity contribution < 1.29 is 0 Å². The number of fused-ring (bicyclic) bond motifs is 1. The summed E-state index contributed by atoms with van der Waals surface area (Å²) >= 11 is 5.01. The van der Waals surface area contributed by atoms with E-state index in [4.69, 9.17) is 0 Å². The number of aromatic nitrogens is 4. The van der Waals surface area contributed by atoms with Crippen molar-refractivity contribution in [3.63, 3.8) is 0 Å². The number of aryl methyl sites for hydroxylation is 2. The lowest BCUT2D eigenvalue weighted by Gasteiger charge is -2.02. The SMILES string of the molecule is CCCn1c(=O)[nH]c(=O)c2[nH]c(-c3cc(C)c(Br)s3)nc21. The van der Waals surface area contributed by atoms with Gasteiger partial charge in [0.2, 0.25) is 0 Å². The smallest absolute Gasteiger partial charge is 0.330 e. The van der Waals surface area contributed by atoms with Crippen molar-refractivity contribution >= 4 is 38.4 Å². The molecule has 0 bridgehead atoms. The van der Waals surface area contributed by atoms with Gasteiger partial charge < -0.3 is 4.98 Å². The number of rotatable bonds is 3. The number of thiophene rings is 1. The van der Waals surface area contributed by atoms with Crippen molar-refractivity contribution in [2.24, 2.45) is 0 Å². The van der Waals surface area contributed by atoms with Crippen LogP contribution in [0.4, 0.5) is 0 Å². The highest BCUT2D eigenvalue weighted by atomic mass is 79.9. The molecule has 21 heavy (non-hydrogen) atoms. The fraction of sp³-hybridized carbons (Fsp3) is 0.308. The van der Waals surface area contributed by atoms with Crippen molar-refractivity contribution in [1.82, 2.24) is 19.5 Å². The second-order valence-corrected chi connectivity index (χ2v) is 7.13. The topological polar surface area (TPSA) is 83.5 Å². The number of aromatic amines is 2. The summed E-state index contributed by atoms with van der Waals surface area (Å²) in [6.07, 6.45) is 0.785. The van der Waals surface area contributed by atoms with Crippen LogP contribution in [0.15, 0.2) is 19.4 Å². The van der Waals surface area contributed by atoms with Crippen LogP contribution in [-0.2, 0) is 6.54 Å². The third kappa shape index (κ3) is 2.38. The van der Waals surface area contributed by atoms with Crippen molar-refractivity contribution in [3.05, 3.63) is 36.3 Å². The molecule has 0 aliphatic rings. The van der Waals surface area contributed by atoms with Gasteiger partial charge >= 0.3 is 5.69 Å². The van der Waals surface area contributed by atoms with Crippen LogP contribution in [0.25, 0.3) is 21.9 Å². The molecule has 3 rings (SSSR count). The van der Waals surface area contributed by atoms with E-state index < -0.39 is 11.2 Å². The molecule has 0 aromatic carbocycles. The lowest BCUT2D eigenvalue weighted by atomic mass is 10.3. The van der Waals surface area contributed by atoms with E-state index in [1.807, 2.05) is 19.9 Å². The molecule has 3 aromatic rings. The number of nitrogens with zero attached hydrogens (tertiary/aromatic N) is 2. The molecule has 3 aromatic heterocycles. The maximum absolute atomic E-state index is 11.9. The Labute approximate surface area is 132 Å². The summed E-state index contributed by atoms with van der Waals surface area (Å²) in [5.74, 6) is 0.602. The van der Waals surface area contributed by atoms with E-state index in [1.165, 1.54) is 15.9 Å². The van der Waals surface area contributed by atoms with E-state index in [2.05, 4.69) is 30.9 Å². The maximum Gasteiger partial charge on any atom is 0.330 e. The lowest BCUT2D eigenvalue weighted by Crippen LogP contribution is -2.30. The number of nitrogens with one attached hydrogen (secondary N) is 2. The highest BCUT2D eigenvalue weighted by molar-refractivity contribution is 9.11. The molecule has 0 radical (unpaired) electrons. The molecular formula is C13H13BrN4O2S. The molecule has 0 atom stereocenters. The Morgan fingerprint density at radius 2 is 2.14 bits per heavy atom. The van der Waals surface area contributed by atoms with Crippen LogP contribution in [0.5, 0.6) is 0 Å². The predicted molar refractivity (Wildman–Crippen MR) is 87.0 cm³/mol. The highest BCUT2D eigenvalue weighted by Gasteiger charge is 2.15. The second kappa shape index (κ2) is 5.27. The first kappa shape index (κ1) is 14.3. The van der Waals surface area contributed by atoms with Gasteiger partial charge in [-0.15, -0.1) is 11.3 Å². The summed E-state index contributed by atoms with van der Waals surface area (Å²) in [6, 6.07) is 1.99. The van der Waals surface area contributed by atoms with Crippen LogP contribution in [0.2, 0.25) is 0 Å². The fourth-order valence-electron chi connectivity index (χ4n) is 2.17. The quantitative estimate of drug-likeness (QED) is 0.745. The number of hydrogen-bond donors (Lipinski definition) is 2. The van der Waals surface area contributed by atoms with E-state index in [-0.39, 0.29) is 0 Å². The molecule has 0 fully saturated rings. The average molecular weight is 369 g/mol. The van der Waals surface area contributed by atoms with Gasteiger partial charge in [-0.3, -0.25) is 14.3 Å². The van der Waals surface area contributed by atoms with Gasteiger partial charge in [0.15, 0.2) is 11.5 Å². The zero-order valence-electron chi connectivity index (χ0n) is 11.5. The van der Waals surface area contributed by atoms with Crippen molar-refractivity contribution in [2.75, 3.05) is 0 Å². The molecule has 3 heterocycles. The van der Waals surface area contributed by atoms with Crippen molar-refractivity contribution in [3.8, 4) is 10.7 Å². The molecule has 0 amide bonds. The Bertz CT molecular complexity index is 914. The Hall–Kier alpha value is -1.67. The molecule has 0 saturated carbocycles. The molecule has 0 aliphatic heterocycles. The molecule has 8 heteroatoms. The van der Waals surface area contributed by atoms with Crippen LogP contribution in [0.1, 0.15) is 18.9 Å². The summed E-state index contributed by atoms with van der Waals surface area (Å²) in [5, 5.41) is 0. The summed E-state index contributed by atoms with van der Waals surface area (Å²) in [6.45, 7) is 4.48. The molecule has 2 N–H and O–H groups in total. The zero-order valence-corrected chi connectivity index (χ0v) is 13.9. The first-order valence-electron chi connectivity index (χ1n) is 6.50. The highest BCUT2D eigenvalue weighted by Crippen LogP contribution is 2.33. The van der Waals surface area contributed by atoms with Gasteiger partial charge in [0.1, 0.15) is 5.52 Å². The van der Waals surface area contributed by atoms with Gasteiger partial charge in [-0.05, 0) is 40.9 Å². The number of halogens is 1. The number of H-pyrrole nitrogens is 2. The van der Waals surface area contributed by atoms with Gasteiger partial charge in [-0.25, -0.2) is 9.78 Å². The molecule has 0 spiro atoms. The number of imidazole rings is 1. The van der Waals surface area contributed by atoms with Crippen molar-refractivity contribution in [1.29, 1.82) is 0 Å². The van der Waals surface area contributed by atoms with Crippen LogP contribution in [-0.4, -0.2) is 19.5 Å². The second-order valence-electron chi connectivity index (χ2n) is 4.76. The van der Waals surface area contributed by atoms with Gasteiger partial charge in [0.25, 0.3) is 5.56 Å². The zero-order chi connectivity index (χ0) is 15.1. The van der Waals surface area contributed by atoms with E-state index in [0.29, 0.717) is 23.5 Å². The molecule has 0 unspecified atom stereocenters. The first-order chi connectivity index (χ1) is 10.0. The Kier molecular flexibility index (Phi) is 3.58. The van der Waals surface area contributed by atoms with E-state index in [0.717, 1.165) is 20.6 Å². The van der Waals surface area contributed by atoms with Gasteiger partial charge in [-0.1, -0.05) is 6.92 Å². The normalized spacial score (nSPS) is 11.4. The van der Waals surface area contributed by atoms with E-state index in [1.54, 1.807) is 0 Å². The average Bonchev–Trinajstić information content (AvgIpc) is 3.00.